The second-order valence-electron chi connectivity index (χ2n) is 5.05. The molecular formula is C15H25NO. The van der Waals surface area contributed by atoms with Crippen LogP contribution in [-0.2, 0) is 0 Å². The number of ether oxygens (including phenoxy) is 1. The van der Waals surface area contributed by atoms with Crippen LogP contribution in [0.5, 0.6) is 5.75 Å². The minimum atomic E-state index is 0.738. The number of nitrogens with one attached hydrogen (secondary N) is 1. The van der Waals surface area contributed by atoms with Crippen LogP contribution in [0.1, 0.15) is 31.4 Å². The third kappa shape index (κ3) is 5.73. The highest BCUT2D eigenvalue weighted by atomic mass is 16.5. The van der Waals surface area contributed by atoms with Crippen LogP contribution >= 0.6 is 0 Å². The molecule has 0 aliphatic carbocycles. The Morgan fingerprint density at radius 2 is 1.94 bits per heavy atom. The predicted molar refractivity (Wildman–Crippen MR) is 73.7 cm³/mol. The van der Waals surface area contributed by atoms with Crippen molar-refractivity contribution >= 4 is 0 Å². The fourth-order valence-electron chi connectivity index (χ4n) is 1.71. The molecular weight excluding hydrogens is 210 g/mol. The third-order valence-electron chi connectivity index (χ3n) is 2.77. The number of hydrogen-bond acceptors (Lipinski definition) is 2. The molecule has 1 rings (SSSR count). The maximum atomic E-state index is 5.74. The summed E-state index contributed by atoms with van der Waals surface area (Å²) in [5, 5.41) is 3.39. The number of benzene rings is 1. The van der Waals surface area contributed by atoms with Crippen molar-refractivity contribution in [3.63, 3.8) is 0 Å². The first-order valence-electron chi connectivity index (χ1n) is 6.50. The number of rotatable bonds is 7. The van der Waals surface area contributed by atoms with Gasteiger partial charge in [0.1, 0.15) is 12.4 Å². The van der Waals surface area contributed by atoms with E-state index in [0.29, 0.717) is 0 Å². The Hall–Kier alpha value is -1.02. The molecule has 0 bridgehead atoms. The Bertz CT molecular complexity index is 334. The van der Waals surface area contributed by atoms with E-state index >= 15 is 0 Å². The van der Waals surface area contributed by atoms with E-state index < -0.39 is 0 Å². The SMILES string of the molecule is Cc1ccc(OCCNCCC(C)C)c(C)c1. The van der Waals surface area contributed by atoms with Gasteiger partial charge in [-0.05, 0) is 44.4 Å². The van der Waals surface area contributed by atoms with Crippen molar-refractivity contribution < 1.29 is 4.74 Å². The lowest BCUT2D eigenvalue weighted by molar-refractivity contribution is 0.310. The van der Waals surface area contributed by atoms with Crippen molar-refractivity contribution in [1.82, 2.24) is 5.32 Å². The molecule has 0 saturated carbocycles. The summed E-state index contributed by atoms with van der Waals surface area (Å²) in [6.07, 6.45) is 1.23. The molecule has 0 aliphatic heterocycles. The van der Waals surface area contributed by atoms with Gasteiger partial charge in [0.2, 0.25) is 0 Å². The summed E-state index contributed by atoms with van der Waals surface area (Å²) < 4.78 is 5.74. The second kappa shape index (κ2) is 7.33. The average molecular weight is 235 g/mol. The van der Waals surface area contributed by atoms with E-state index in [2.05, 4.69) is 51.2 Å². The molecule has 0 heterocycles. The zero-order chi connectivity index (χ0) is 12.7. The third-order valence-corrected chi connectivity index (χ3v) is 2.77. The summed E-state index contributed by atoms with van der Waals surface area (Å²) in [6.45, 7) is 11.4. The molecule has 0 radical (unpaired) electrons. The average Bonchev–Trinajstić information content (AvgIpc) is 2.25. The molecule has 0 amide bonds. The summed E-state index contributed by atoms with van der Waals surface area (Å²) in [7, 11) is 0. The van der Waals surface area contributed by atoms with Gasteiger partial charge >= 0.3 is 0 Å². The molecule has 0 aromatic heterocycles. The zero-order valence-electron chi connectivity index (χ0n) is 11.5. The monoisotopic (exact) mass is 235 g/mol. The number of aryl methyl sites for hydroxylation is 2. The Morgan fingerprint density at radius 3 is 2.59 bits per heavy atom. The van der Waals surface area contributed by atoms with E-state index in [-0.39, 0.29) is 0 Å². The zero-order valence-corrected chi connectivity index (χ0v) is 11.5. The van der Waals surface area contributed by atoms with Crippen LogP contribution in [0.15, 0.2) is 18.2 Å². The van der Waals surface area contributed by atoms with Gasteiger partial charge in [0.05, 0.1) is 0 Å². The van der Waals surface area contributed by atoms with Crippen molar-refractivity contribution in [2.75, 3.05) is 19.7 Å². The van der Waals surface area contributed by atoms with Crippen molar-refractivity contribution in [2.45, 2.75) is 34.1 Å². The predicted octanol–water partition coefficient (Wildman–Crippen LogP) is 3.32. The second-order valence-corrected chi connectivity index (χ2v) is 5.05. The minimum Gasteiger partial charge on any atom is -0.492 e. The van der Waals surface area contributed by atoms with Crippen LogP contribution in [0.4, 0.5) is 0 Å². The van der Waals surface area contributed by atoms with Crippen LogP contribution in [0, 0.1) is 19.8 Å². The van der Waals surface area contributed by atoms with Crippen LogP contribution in [0.25, 0.3) is 0 Å². The molecule has 1 aromatic carbocycles. The first kappa shape index (κ1) is 14.0. The normalized spacial score (nSPS) is 10.9. The summed E-state index contributed by atoms with van der Waals surface area (Å²) in [4.78, 5) is 0. The highest BCUT2D eigenvalue weighted by molar-refractivity contribution is 5.35. The van der Waals surface area contributed by atoms with E-state index in [0.717, 1.165) is 31.4 Å². The van der Waals surface area contributed by atoms with E-state index in [9.17, 15) is 0 Å². The molecule has 0 atom stereocenters. The van der Waals surface area contributed by atoms with Crippen molar-refractivity contribution in [2.24, 2.45) is 5.92 Å². The molecule has 0 unspecified atom stereocenters. The van der Waals surface area contributed by atoms with E-state index in [4.69, 9.17) is 4.74 Å². The minimum absolute atomic E-state index is 0.738. The van der Waals surface area contributed by atoms with Crippen LogP contribution in [0.3, 0.4) is 0 Å². The van der Waals surface area contributed by atoms with Gasteiger partial charge in [-0.2, -0.15) is 0 Å². The van der Waals surface area contributed by atoms with Gasteiger partial charge in [0.15, 0.2) is 0 Å². The van der Waals surface area contributed by atoms with Crippen molar-refractivity contribution in [1.29, 1.82) is 0 Å². The van der Waals surface area contributed by atoms with Gasteiger partial charge < -0.3 is 10.1 Å². The Balaban J connectivity index is 2.18. The molecule has 0 fully saturated rings. The Kier molecular flexibility index (Phi) is 6.06. The maximum Gasteiger partial charge on any atom is 0.122 e. The topological polar surface area (TPSA) is 21.3 Å². The van der Waals surface area contributed by atoms with Crippen LogP contribution in [-0.4, -0.2) is 19.7 Å². The largest absolute Gasteiger partial charge is 0.492 e. The van der Waals surface area contributed by atoms with Crippen LogP contribution < -0.4 is 10.1 Å². The van der Waals surface area contributed by atoms with Gasteiger partial charge in [-0.15, -0.1) is 0 Å². The fraction of sp³-hybridized carbons (Fsp3) is 0.600. The van der Waals surface area contributed by atoms with Gasteiger partial charge in [0, 0.05) is 6.54 Å². The molecule has 1 aromatic rings. The lowest BCUT2D eigenvalue weighted by Crippen LogP contribution is -2.23. The van der Waals surface area contributed by atoms with Gasteiger partial charge in [0.25, 0.3) is 0 Å². The smallest absolute Gasteiger partial charge is 0.122 e. The molecule has 0 saturated heterocycles. The van der Waals surface area contributed by atoms with E-state index in [1.807, 2.05) is 0 Å². The maximum absolute atomic E-state index is 5.74. The lowest BCUT2D eigenvalue weighted by Gasteiger charge is -2.11. The molecule has 0 spiro atoms. The quantitative estimate of drug-likeness (QED) is 0.732. The first-order chi connectivity index (χ1) is 8.09. The highest BCUT2D eigenvalue weighted by Crippen LogP contribution is 2.18. The van der Waals surface area contributed by atoms with Crippen molar-refractivity contribution in [3.8, 4) is 5.75 Å². The standard InChI is InChI=1S/C15H25NO/c1-12(2)7-8-16-9-10-17-15-6-5-13(3)11-14(15)4/h5-6,11-12,16H,7-10H2,1-4H3. The summed E-state index contributed by atoms with van der Waals surface area (Å²) in [6, 6.07) is 6.30. The van der Waals surface area contributed by atoms with Crippen LogP contribution in [0.2, 0.25) is 0 Å². The molecule has 0 aliphatic rings. The van der Waals surface area contributed by atoms with E-state index in [1.165, 1.54) is 17.5 Å². The summed E-state index contributed by atoms with van der Waals surface area (Å²) in [5.41, 5.74) is 2.50. The van der Waals surface area contributed by atoms with Gasteiger partial charge in [-0.1, -0.05) is 31.5 Å². The Morgan fingerprint density at radius 1 is 1.18 bits per heavy atom. The summed E-state index contributed by atoms with van der Waals surface area (Å²) in [5.74, 6) is 1.77. The lowest BCUT2D eigenvalue weighted by atomic mass is 10.1. The van der Waals surface area contributed by atoms with Gasteiger partial charge in [-0.3, -0.25) is 0 Å². The first-order valence-corrected chi connectivity index (χ1v) is 6.50. The van der Waals surface area contributed by atoms with Crippen molar-refractivity contribution in [3.05, 3.63) is 29.3 Å². The van der Waals surface area contributed by atoms with E-state index in [1.54, 1.807) is 0 Å². The molecule has 2 heteroatoms. The molecule has 17 heavy (non-hydrogen) atoms. The Labute approximate surface area is 105 Å². The molecule has 1 N–H and O–H groups in total. The van der Waals surface area contributed by atoms with Gasteiger partial charge in [-0.25, -0.2) is 0 Å². The molecule has 2 nitrogen and oxygen atoms in total. The number of hydrogen-bond donors (Lipinski definition) is 1. The highest BCUT2D eigenvalue weighted by Gasteiger charge is 1.99. The summed E-state index contributed by atoms with van der Waals surface area (Å²) >= 11 is 0. The molecule has 96 valence electrons. The fourth-order valence-corrected chi connectivity index (χ4v) is 1.71.